The molecule has 1 N–H and O–H groups in total. The van der Waals surface area contributed by atoms with E-state index < -0.39 is 0 Å². The molecule has 2 heterocycles. The minimum absolute atomic E-state index is 0.110. The summed E-state index contributed by atoms with van der Waals surface area (Å²) >= 11 is 0. The summed E-state index contributed by atoms with van der Waals surface area (Å²) in [6, 6.07) is 10.4. The van der Waals surface area contributed by atoms with Gasteiger partial charge in [0.15, 0.2) is 0 Å². The molecule has 0 spiro atoms. The lowest BCUT2D eigenvalue weighted by Gasteiger charge is -2.23. The Labute approximate surface area is 142 Å². The van der Waals surface area contributed by atoms with E-state index in [-0.39, 0.29) is 11.8 Å². The first-order valence-corrected chi connectivity index (χ1v) is 9.07. The second kappa shape index (κ2) is 6.75. The molecule has 1 saturated carbocycles. The highest BCUT2D eigenvalue weighted by Crippen LogP contribution is 2.41. The monoisotopic (exact) mass is 324 g/mol. The fourth-order valence-electron chi connectivity index (χ4n) is 3.56. The van der Waals surface area contributed by atoms with Crippen LogP contribution in [0.5, 0.6) is 0 Å². The number of hydrogen-bond donors (Lipinski definition) is 1. The first-order valence-electron chi connectivity index (χ1n) is 9.07. The molecule has 0 bridgehead atoms. The van der Waals surface area contributed by atoms with Crippen molar-refractivity contribution >= 4 is 5.91 Å². The Bertz CT molecular complexity index is 705. The molecule has 2 aliphatic rings. The van der Waals surface area contributed by atoms with Gasteiger partial charge in [0.2, 0.25) is 5.91 Å². The van der Waals surface area contributed by atoms with Crippen molar-refractivity contribution in [3.63, 3.8) is 0 Å². The molecule has 0 saturated heterocycles. The van der Waals surface area contributed by atoms with Gasteiger partial charge in [-0.1, -0.05) is 30.3 Å². The average Bonchev–Trinajstić information content (AvgIpc) is 3.38. The van der Waals surface area contributed by atoms with Crippen molar-refractivity contribution < 1.29 is 4.79 Å². The SMILES string of the molecule is O=C(NCCCc1ccccc1)C1CCCn2c(C3CC3)nnc21. The summed E-state index contributed by atoms with van der Waals surface area (Å²) in [5.41, 5.74) is 1.32. The lowest BCUT2D eigenvalue weighted by Crippen LogP contribution is -2.34. The molecule has 1 aliphatic heterocycles. The smallest absolute Gasteiger partial charge is 0.230 e. The first-order chi connectivity index (χ1) is 11.8. The van der Waals surface area contributed by atoms with Crippen LogP contribution in [0.3, 0.4) is 0 Å². The third-order valence-corrected chi connectivity index (χ3v) is 5.04. The number of fused-ring (bicyclic) bond motifs is 1. The molecule has 1 atom stereocenters. The third-order valence-electron chi connectivity index (χ3n) is 5.04. The topological polar surface area (TPSA) is 59.8 Å². The Morgan fingerprint density at radius 1 is 1.12 bits per heavy atom. The van der Waals surface area contributed by atoms with Gasteiger partial charge in [-0.25, -0.2) is 0 Å². The Morgan fingerprint density at radius 3 is 2.71 bits per heavy atom. The van der Waals surface area contributed by atoms with E-state index in [0.29, 0.717) is 12.5 Å². The summed E-state index contributed by atoms with van der Waals surface area (Å²) in [4.78, 5) is 12.6. The number of benzene rings is 1. The molecule has 4 rings (SSSR count). The Balaban J connectivity index is 1.32. The van der Waals surface area contributed by atoms with E-state index in [2.05, 4.69) is 44.3 Å². The minimum atomic E-state index is -0.129. The molecule has 5 heteroatoms. The quantitative estimate of drug-likeness (QED) is 0.831. The van der Waals surface area contributed by atoms with Gasteiger partial charge < -0.3 is 9.88 Å². The summed E-state index contributed by atoms with van der Waals surface area (Å²) in [6.45, 7) is 1.68. The lowest BCUT2D eigenvalue weighted by molar-refractivity contribution is -0.123. The fraction of sp³-hybridized carbons (Fsp3) is 0.526. The van der Waals surface area contributed by atoms with Crippen LogP contribution in [0.2, 0.25) is 0 Å². The second-order valence-corrected chi connectivity index (χ2v) is 6.92. The average molecular weight is 324 g/mol. The number of rotatable bonds is 6. The highest BCUT2D eigenvalue weighted by molar-refractivity contribution is 5.82. The van der Waals surface area contributed by atoms with Crippen LogP contribution in [0.4, 0.5) is 0 Å². The minimum Gasteiger partial charge on any atom is -0.355 e. The molecule has 126 valence electrons. The van der Waals surface area contributed by atoms with E-state index in [9.17, 15) is 4.79 Å². The van der Waals surface area contributed by atoms with Crippen molar-refractivity contribution in [2.75, 3.05) is 6.54 Å². The molecule has 1 aromatic heterocycles. The van der Waals surface area contributed by atoms with E-state index in [4.69, 9.17) is 0 Å². The lowest BCUT2D eigenvalue weighted by atomic mass is 9.97. The number of aromatic nitrogens is 3. The van der Waals surface area contributed by atoms with Crippen LogP contribution in [-0.2, 0) is 17.8 Å². The number of aryl methyl sites for hydroxylation is 1. The normalized spacial score (nSPS) is 19.8. The van der Waals surface area contributed by atoms with E-state index in [1.54, 1.807) is 0 Å². The molecular formula is C19H24N4O. The number of hydrogen-bond acceptors (Lipinski definition) is 3. The number of nitrogens with one attached hydrogen (secondary N) is 1. The van der Waals surface area contributed by atoms with Gasteiger partial charge in [-0.05, 0) is 44.1 Å². The summed E-state index contributed by atoms with van der Waals surface area (Å²) in [5, 5.41) is 11.8. The second-order valence-electron chi connectivity index (χ2n) is 6.92. The van der Waals surface area contributed by atoms with Crippen molar-refractivity contribution in [2.45, 2.75) is 56.9 Å². The predicted molar refractivity (Wildman–Crippen MR) is 91.7 cm³/mol. The van der Waals surface area contributed by atoms with E-state index >= 15 is 0 Å². The van der Waals surface area contributed by atoms with Gasteiger partial charge in [-0.15, -0.1) is 10.2 Å². The Hall–Kier alpha value is -2.17. The highest BCUT2D eigenvalue weighted by Gasteiger charge is 2.35. The first kappa shape index (κ1) is 15.4. The van der Waals surface area contributed by atoms with Crippen molar-refractivity contribution in [3.05, 3.63) is 47.5 Å². The molecule has 1 unspecified atom stereocenters. The molecule has 1 aliphatic carbocycles. The van der Waals surface area contributed by atoms with Crippen LogP contribution >= 0.6 is 0 Å². The molecule has 2 aromatic rings. The summed E-state index contributed by atoms with van der Waals surface area (Å²) in [5.74, 6) is 2.54. The van der Waals surface area contributed by atoms with E-state index in [1.807, 2.05) is 6.07 Å². The van der Waals surface area contributed by atoms with Crippen molar-refractivity contribution in [1.82, 2.24) is 20.1 Å². The van der Waals surface area contributed by atoms with Gasteiger partial charge in [0, 0.05) is 19.0 Å². The zero-order valence-corrected chi connectivity index (χ0v) is 13.9. The summed E-state index contributed by atoms with van der Waals surface area (Å²) < 4.78 is 2.20. The van der Waals surface area contributed by atoms with Gasteiger partial charge in [0.05, 0.1) is 5.92 Å². The van der Waals surface area contributed by atoms with Crippen LogP contribution in [-0.4, -0.2) is 27.2 Å². The Kier molecular flexibility index (Phi) is 4.32. The molecular weight excluding hydrogens is 300 g/mol. The molecule has 1 aromatic carbocycles. The highest BCUT2D eigenvalue weighted by atomic mass is 16.1. The van der Waals surface area contributed by atoms with Crippen LogP contribution in [0.15, 0.2) is 30.3 Å². The largest absolute Gasteiger partial charge is 0.355 e. The molecule has 0 radical (unpaired) electrons. The molecule has 5 nitrogen and oxygen atoms in total. The van der Waals surface area contributed by atoms with Gasteiger partial charge >= 0.3 is 0 Å². The van der Waals surface area contributed by atoms with Gasteiger partial charge in [0.25, 0.3) is 0 Å². The number of amides is 1. The Morgan fingerprint density at radius 2 is 1.92 bits per heavy atom. The zero-order chi connectivity index (χ0) is 16.4. The van der Waals surface area contributed by atoms with Gasteiger partial charge in [0.1, 0.15) is 11.6 Å². The van der Waals surface area contributed by atoms with Crippen LogP contribution < -0.4 is 5.32 Å². The number of carbonyl (C=O) groups excluding carboxylic acids is 1. The maximum atomic E-state index is 12.6. The maximum Gasteiger partial charge on any atom is 0.230 e. The third kappa shape index (κ3) is 3.21. The van der Waals surface area contributed by atoms with Crippen LogP contribution in [0.25, 0.3) is 0 Å². The number of carbonyl (C=O) groups is 1. The summed E-state index contributed by atoms with van der Waals surface area (Å²) in [6.07, 6.45) is 6.30. The molecule has 1 fully saturated rings. The number of nitrogens with zero attached hydrogens (tertiary/aromatic N) is 3. The van der Waals surface area contributed by atoms with Gasteiger partial charge in [-0.2, -0.15) is 0 Å². The van der Waals surface area contributed by atoms with Crippen molar-refractivity contribution in [1.29, 1.82) is 0 Å². The standard InChI is InChI=1S/C19H24N4O/c24-19(20-12-4-8-14-6-2-1-3-7-14)16-9-5-13-23-17(15-10-11-15)21-22-18(16)23/h1-3,6-7,15-16H,4-5,8-13H2,(H,20,24). The van der Waals surface area contributed by atoms with Gasteiger partial charge in [-0.3, -0.25) is 4.79 Å². The predicted octanol–water partition coefficient (Wildman–Crippen LogP) is 2.78. The van der Waals surface area contributed by atoms with Crippen LogP contribution in [0.1, 0.15) is 61.2 Å². The van der Waals surface area contributed by atoms with E-state index in [1.165, 1.54) is 18.4 Å². The maximum absolute atomic E-state index is 12.6. The fourth-order valence-corrected chi connectivity index (χ4v) is 3.56. The van der Waals surface area contributed by atoms with Crippen molar-refractivity contribution in [2.24, 2.45) is 0 Å². The zero-order valence-electron chi connectivity index (χ0n) is 13.9. The van der Waals surface area contributed by atoms with Crippen LogP contribution in [0, 0.1) is 0 Å². The summed E-state index contributed by atoms with van der Waals surface area (Å²) in [7, 11) is 0. The molecule has 1 amide bonds. The van der Waals surface area contributed by atoms with E-state index in [0.717, 1.165) is 43.9 Å². The van der Waals surface area contributed by atoms with Crippen molar-refractivity contribution in [3.8, 4) is 0 Å². The molecule has 24 heavy (non-hydrogen) atoms.